The number of nitrogens with one attached hydrogen (secondary N) is 2. The summed E-state index contributed by atoms with van der Waals surface area (Å²) < 4.78 is 10.8. The van der Waals surface area contributed by atoms with E-state index in [1.165, 1.54) is 6.26 Å². The Morgan fingerprint density at radius 3 is 2.58 bits per heavy atom. The van der Waals surface area contributed by atoms with E-state index in [9.17, 15) is 9.59 Å². The molecule has 3 rings (SSSR count). The van der Waals surface area contributed by atoms with Crippen LogP contribution in [0.15, 0.2) is 64.3 Å². The smallest absolute Gasteiger partial charge is 0.277 e. The van der Waals surface area contributed by atoms with Crippen LogP contribution in [0.3, 0.4) is 0 Å². The number of hydrazone groups is 1. The quantitative estimate of drug-likeness (QED) is 0.439. The van der Waals surface area contributed by atoms with Crippen LogP contribution in [-0.2, 0) is 4.79 Å². The first-order valence-corrected chi connectivity index (χ1v) is 9.83. The fourth-order valence-corrected chi connectivity index (χ4v) is 2.91. The molecular formula is C24H25N3O4. The van der Waals surface area contributed by atoms with Crippen molar-refractivity contribution in [3.8, 4) is 5.75 Å². The Balaban J connectivity index is 1.59. The average molecular weight is 419 g/mol. The van der Waals surface area contributed by atoms with Gasteiger partial charge in [-0.2, -0.15) is 5.10 Å². The fraction of sp³-hybridized carbons (Fsp3) is 0.208. The van der Waals surface area contributed by atoms with Crippen molar-refractivity contribution in [3.05, 3.63) is 82.8 Å². The number of ether oxygens (including phenoxy) is 1. The van der Waals surface area contributed by atoms with Crippen LogP contribution in [0.2, 0.25) is 0 Å². The van der Waals surface area contributed by atoms with Crippen LogP contribution in [0.1, 0.15) is 39.7 Å². The predicted octanol–water partition coefficient (Wildman–Crippen LogP) is 4.38. The number of anilines is 1. The molecule has 160 valence electrons. The highest BCUT2D eigenvalue weighted by Gasteiger charge is 2.12. The first-order valence-electron chi connectivity index (χ1n) is 9.83. The molecule has 0 unspecified atom stereocenters. The number of carbonyl (C=O) groups is 2. The number of aryl methyl sites for hydroxylation is 2. The van der Waals surface area contributed by atoms with Gasteiger partial charge in [-0.3, -0.25) is 9.59 Å². The molecule has 0 radical (unpaired) electrons. The normalized spacial score (nSPS) is 11.2. The Bertz CT molecular complexity index is 1130. The molecule has 0 saturated carbocycles. The summed E-state index contributed by atoms with van der Waals surface area (Å²) in [4.78, 5) is 24.5. The molecule has 0 atom stereocenters. The lowest BCUT2D eigenvalue weighted by Crippen LogP contribution is -2.25. The number of hydrogen-bond donors (Lipinski definition) is 2. The van der Waals surface area contributed by atoms with Crippen LogP contribution >= 0.6 is 0 Å². The van der Waals surface area contributed by atoms with Crippen LogP contribution in [-0.4, -0.2) is 24.1 Å². The summed E-state index contributed by atoms with van der Waals surface area (Å²) >= 11 is 0. The molecule has 0 aliphatic carbocycles. The molecule has 2 amide bonds. The summed E-state index contributed by atoms with van der Waals surface area (Å²) in [7, 11) is 0. The Labute approximate surface area is 181 Å². The number of benzene rings is 2. The number of furan rings is 1. The maximum atomic E-state index is 12.4. The van der Waals surface area contributed by atoms with Gasteiger partial charge in [0.15, 0.2) is 6.61 Å². The molecular weight excluding hydrogens is 394 g/mol. The van der Waals surface area contributed by atoms with Crippen LogP contribution in [0.4, 0.5) is 5.69 Å². The minimum atomic E-state index is -0.361. The standard InChI is InChI=1S/C24H25N3O4/c1-15-7-5-10-22(16(15)2)31-14-23(28)27-26-17(3)19-8-6-9-20(13-19)25-24(29)21-11-12-30-18(21)4/h5-13H,14H2,1-4H3,(H,25,29)(H,27,28)/b26-17-. The molecule has 31 heavy (non-hydrogen) atoms. The Morgan fingerprint density at radius 2 is 1.84 bits per heavy atom. The largest absolute Gasteiger partial charge is 0.483 e. The first-order chi connectivity index (χ1) is 14.8. The van der Waals surface area contributed by atoms with Gasteiger partial charge in [0.1, 0.15) is 11.5 Å². The predicted molar refractivity (Wildman–Crippen MR) is 120 cm³/mol. The second kappa shape index (κ2) is 9.75. The SMILES string of the molecule is C/C(=N/NC(=O)COc1cccc(C)c1C)c1cccc(NC(=O)c2ccoc2C)c1. The zero-order valence-corrected chi connectivity index (χ0v) is 18.0. The molecule has 1 aromatic heterocycles. The lowest BCUT2D eigenvalue weighted by Gasteiger charge is -2.10. The van der Waals surface area contributed by atoms with Crippen molar-refractivity contribution >= 4 is 23.2 Å². The number of amides is 2. The van der Waals surface area contributed by atoms with E-state index in [0.717, 1.165) is 16.7 Å². The van der Waals surface area contributed by atoms with E-state index >= 15 is 0 Å². The second-order valence-electron chi connectivity index (χ2n) is 7.14. The van der Waals surface area contributed by atoms with E-state index in [1.807, 2.05) is 38.1 Å². The summed E-state index contributed by atoms with van der Waals surface area (Å²) in [5, 5.41) is 6.97. The van der Waals surface area contributed by atoms with Gasteiger partial charge in [0.2, 0.25) is 0 Å². The van der Waals surface area contributed by atoms with Crippen molar-refractivity contribution < 1.29 is 18.7 Å². The third-order valence-corrected chi connectivity index (χ3v) is 4.90. The number of hydrogen-bond acceptors (Lipinski definition) is 5. The van der Waals surface area contributed by atoms with Gasteiger partial charge in [-0.05, 0) is 68.7 Å². The van der Waals surface area contributed by atoms with Gasteiger partial charge in [-0.15, -0.1) is 0 Å². The lowest BCUT2D eigenvalue weighted by atomic mass is 10.1. The molecule has 0 aliphatic heterocycles. The van der Waals surface area contributed by atoms with E-state index < -0.39 is 0 Å². The molecule has 3 aromatic rings. The minimum Gasteiger partial charge on any atom is -0.483 e. The van der Waals surface area contributed by atoms with Crippen molar-refractivity contribution in [1.29, 1.82) is 0 Å². The van der Waals surface area contributed by atoms with Gasteiger partial charge in [0, 0.05) is 5.69 Å². The Hall–Kier alpha value is -3.87. The molecule has 0 saturated heterocycles. The molecule has 2 N–H and O–H groups in total. The van der Waals surface area contributed by atoms with Gasteiger partial charge in [-0.25, -0.2) is 5.43 Å². The third-order valence-electron chi connectivity index (χ3n) is 4.90. The van der Waals surface area contributed by atoms with Crippen molar-refractivity contribution in [2.24, 2.45) is 5.10 Å². The zero-order chi connectivity index (χ0) is 22.4. The molecule has 7 nitrogen and oxygen atoms in total. The number of rotatable bonds is 7. The van der Waals surface area contributed by atoms with Crippen molar-refractivity contribution in [1.82, 2.24) is 5.43 Å². The van der Waals surface area contributed by atoms with E-state index in [4.69, 9.17) is 9.15 Å². The Kier molecular flexibility index (Phi) is 6.87. The highest BCUT2D eigenvalue weighted by molar-refractivity contribution is 6.06. The fourth-order valence-electron chi connectivity index (χ4n) is 2.91. The van der Waals surface area contributed by atoms with Gasteiger partial charge in [0.25, 0.3) is 11.8 Å². The van der Waals surface area contributed by atoms with E-state index in [0.29, 0.717) is 28.5 Å². The van der Waals surface area contributed by atoms with Gasteiger partial charge in [-0.1, -0.05) is 24.3 Å². The molecule has 0 spiro atoms. The lowest BCUT2D eigenvalue weighted by molar-refractivity contribution is -0.123. The summed E-state index contributed by atoms with van der Waals surface area (Å²) in [6, 6.07) is 14.5. The molecule has 0 fully saturated rings. The monoisotopic (exact) mass is 419 g/mol. The maximum Gasteiger partial charge on any atom is 0.277 e. The third kappa shape index (κ3) is 5.60. The van der Waals surface area contributed by atoms with Gasteiger partial charge < -0.3 is 14.5 Å². The first kappa shape index (κ1) is 21.8. The molecule has 0 bridgehead atoms. The van der Waals surface area contributed by atoms with Crippen molar-refractivity contribution in [3.63, 3.8) is 0 Å². The van der Waals surface area contributed by atoms with Crippen LogP contribution in [0.25, 0.3) is 0 Å². The van der Waals surface area contributed by atoms with Crippen LogP contribution in [0, 0.1) is 20.8 Å². The Morgan fingerprint density at radius 1 is 1.06 bits per heavy atom. The highest BCUT2D eigenvalue weighted by Crippen LogP contribution is 2.20. The summed E-state index contributed by atoms with van der Waals surface area (Å²) in [6.07, 6.45) is 1.48. The maximum absolute atomic E-state index is 12.4. The zero-order valence-electron chi connectivity index (χ0n) is 18.0. The summed E-state index contributed by atoms with van der Waals surface area (Å²) in [5.41, 5.74) is 7.04. The molecule has 2 aromatic carbocycles. The minimum absolute atomic E-state index is 0.138. The highest BCUT2D eigenvalue weighted by atomic mass is 16.5. The average Bonchev–Trinajstić information content (AvgIpc) is 3.19. The molecule has 0 aliphatic rings. The topological polar surface area (TPSA) is 92.9 Å². The van der Waals surface area contributed by atoms with E-state index in [2.05, 4.69) is 15.8 Å². The molecule has 7 heteroatoms. The van der Waals surface area contributed by atoms with Crippen LogP contribution < -0.4 is 15.5 Å². The van der Waals surface area contributed by atoms with Crippen LogP contribution in [0.5, 0.6) is 5.75 Å². The summed E-state index contributed by atoms with van der Waals surface area (Å²) in [5.74, 6) is 0.611. The van der Waals surface area contributed by atoms with Crippen molar-refractivity contribution in [2.45, 2.75) is 27.7 Å². The van der Waals surface area contributed by atoms with Gasteiger partial charge in [0.05, 0.1) is 17.5 Å². The number of nitrogens with zero attached hydrogens (tertiary/aromatic N) is 1. The summed E-state index contributed by atoms with van der Waals surface area (Å²) in [6.45, 7) is 7.30. The van der Waals surface area contributed by atoms with E-state index in [-0.39, 0.29) is 18.4 Å². The van der Waals surface area contributed by atoms with Crippen molar-refractivity contribution in [2.75, 3.05) is 11.9 Å². The second-order valence-corrected chi connectivity index (χ2v) is 7.14. The van der Waals surface area contributed by atoms with Gasteiger partial charge >= 0.3 is 0 Å². The number of carbonyl (C=O) groups excluding carboxylic acids is 2. The van der Waals surface area contributed by atoms with E-state index in [1.54, 1.807) is 38.1 Å². The molecule has 1 heterocycles.